The number of amides is 2. The van der Waals surface area contributed by atoms with Crippen LogP contribution in [0, 0.1) is 11.3 Å². The maximum absolute atomic E-state index is 12.5. The van der Waals surface area contributed by atoms with Gasteiger partial charge in [-0.2, -0.15) is 18.4 Å². The first kappa shape index (κ1) is 15.8. The Balaban J connectivity index is 2.88. The largest absolute Gasteiger partial charge is 0.416 e. The number of carbonyl (C=O) groups excluding carboxylic acids is 1. The molecule has 2 amide bonds. The Kier molecular flexibility index (Phi) is 4.97. The molecule has 0 fully saturated rings. The fourth-order valence-corrected chi connectivity index (χ4v) is 1.53. The third-order valence-corrected chi connectivity index (χ3v) is 2.57. The second-order valence-electron chi connectivity index (χ2n) is 4.39. The van der Waals surface area contributed by atoms with Crippen molar-refractivity contribution in [2.75, 3.05) is 11.9 Å². The van der Waals surface area contributed by atoms with E-state index in [2.05, 4.69) is 5.32 Å². The number of hydrogen-bond acceptors (Lipinski definition) is 2. The summed E-state index contributed by atoms with van der Waals surface area (Å²) in [6.45, 7) is 3.29. The van der Waals surface area contributed by atoms with Gasteiger partial charge in [0.2, 0.25) is 0 Å². The van der Waals surface area contributed by atoms with E-state index >= 15 is 0 Å². The first-order chi connectivity index (χ1) is 9.25. The molecular formula is C13H14F3N3O. The zero-order valence-electron chi connectivity index (χ0n) is 11.0. The van der Waals surface area contributed by atoms with Crippen LogP contribution in [0.1, 0.15) is 19.4 Å². The Hall–Kier alpha value is -2.23. The van der Waals surface area contributed by atoms with Gasteiger partial charge in [-0.1, -0.05) is 6.07 Å². The molecule has 7 heteroatoms. The maximum Gasteiger partial charge on any atom is 0.416 e. The number of rotatable bonds is 3. The van der Waals surface area contributed by atoms with Crippen molar-refractivity contribution in [2.24, 2.45) is 0 Å². The number of benzene rings is 1. The SMILES string of the molecule is CC(C)N(CC#N)C(=O)Nc1cccc(C(F)(F)F)c1. The molecule has 1 N–H and O–H groups in total. The predicted octanol–water partition coefficient (Wildman–Crippen LogP) is 3.47. The fraction of sp³-hybridized carbons (Fsp3) is 0.385. The molecule has 0 saturated heterocycles. The van der Waals surface area contributed by atoms with E-state index < -0.39 is 17.8 Å². The molecule has 0 aliphatic carbocycles. The summed E-state index contributed by atoms with van der Waals surface area (Å²) < 4.78 is 37.6. The third-order valence-electron chi connectivity index (χ3n) is 2.57. The van der Waals surface area contributed by atoms with E-state index in [-0.39, 0.29) is 18.3 Å². The second kappa shape index (κ2) is 6.28. The number of nitrogens with one attached hydrogen (secondary N) is 1. The highest BCUT2D eigenvalue weighted by Gasteiger charge is 2.30. The first-order valence-electron chi connectivity index (χ1n) is 5.87. The van der Waals surface area contributed by atoms with Gasteiger partial charge in [0.25, 0.3) is 0 Å². The van der Waals surface area contributed by atoms with E-state index in [0.29, 0.717) is 0 Å². The fourth-order valence-electron chi connectivity index (χ4n) is 1.53. The van der Waals surface area contributed by atoms with E-state index in [0.717, 1.165) is 12.1 Å². The highest BCUT2D eigenvalue weighted by Crippen LogP contribution is 2.30. The number of carbonyl (C=O) groups is 1. The van der Waals surface area contributed by atoms with Gasteiger partial charge in [-0.25, -0.2) is 4.79 Å². The topological polar surface area (TPSA) is 56.1 Å². The van der Waals surface area contributed by atoms with E-state index in [1.165, 1.54) is 17.0 Å². The minimum Gasteiger partial charge on any atom is -0.309 e. The number of hydrogen-bond donors (Lipinski definition) is 1. The van der Waals surface area contributed by atoms with E-state index in [1.54, 1.807) is 13.8 Å². The number of alkyl halides is 3. The van der Waals surface area contributed by atoms with E-state index in [1.807, 2.05) is 6.07 Å². The van der Waals surface area contributed by atoms with Crippen LogP contribution in [0.5, 0.6) is 0 Å². The Bertz CT molecular complexity index is 520. The summed E-state index contributed by atoms with van der Waals surface area (Å²) in [6.07, 6.45) is -4.47. The van der Waals surface area contributed by atoms with Crippen LogP contribution in [-0.2, 0) is 6.18 Å². The predicted molar refractivity (Wildman–Crippen MR) is 67.9 cm³/mol. The molecule has 0 spiro atoms. The molecule has 0 saturated carbocycles. The molecule has 4 nitrogen and oxygen atoms in total. The molecule has 0 bridgehead atoms. The van der Waals surface area contributed by atoms with Crippen LogP contribution < -0.4 is 5.32 Å². The molecule has 20 heavy (non-hydrogen) atoms. The standard InChI is InChI=1S/C13H14F3N3O/c1-9(2)19(7-6-17)12(20)18-11-5-3-4-10(8-11)13(14,15)16/h3-5,8-9H,7H2,1-2H3,(H,18,20). The molecule has 108 valence electrons. The minimum atomic E-state index is -4.47. The zero-order chi connectivity index (χ0) is 15.3. The van der Waals surface area contributed by atoms with Crippen LogP contribution in [-0.4, -0.2) is 23.5 Å². The van der Waals surface area contributed by atoms with Crippen molar-refractivity contribution in [1.29, 1.82) is 5.26 Å². The van der Waals surface area contributed by atoms with Gasteiger partial charge >= 0.3 is 12.2 Å². The van der Waals surface area contributed by atoms with Gasteiger partial charge in [-0.3, -0.25) is 0 Å². The Labute approximate surface area is 114 Å². The lowest BCUT2D eigenvalue weighted by molar-refractivity contribution is -0.137. The Morgan fingerprint density at radius 1 is 1.45 bits per heavy atom. The van der Waals surface area contributed by atoms with Crippen LogP contribution in [0.4, 0.5) is 23.7 Å². The van der Waals surface area contributed by atoms with Gasteiger partial charge in [0, 0.05) is 11.7 Å². The van der Waals surface area contributed by atoms with Crippen molar-refractivity contribution < 1.29 is 18.0 Å². The van der Waals surface area contributed by atoms with Crippen LogP contribution in [0.15, 0.2) is 24.3 Å². The summed E-state index contributed by atoms with van der Waals surface area (Å²) >= 11 is 0. The lowest BCUT2D eigenvalue weighted by Gasteiger charge is -2.24. The molecule has 0 aromatic heterocycles. The molecule has 0 aliphatic rings. The molecule has 1 aromatic rings. The average Bonchev–Trinajstić information content (AvgIpc) is 2.34. The molecule has 0 unspecified atom stereocenters. The van der Waals surface area contributed by atoms with Crippen LogP contribution in [0.25, 0.3) is 0 Å². The number of urea groups is 1. The Morgan fingerprint density at radius 2 is 2.10 bits per heavy atom. The summed E-state index contributed by atoms with van der Waals surface area (Å²) in [6, 6.07) is 5.33. The number of nitriles is 1. The van der Waals surface area contributed by atoms with Gasteiger partial charge in [-0.05, 0) is 32.0 Å². The summed E-state index contributed by atoms with van der Waals surface area (Å²) in [5.74, 6) is 0. The van der Waals surface area contributed by atoms with Crippen molar-refractivity contribution >= 4 is 11.7 Å². The van der Waals surface area contributed by atoms with Crippen molar-refractivity contribution in [3.63, 3.8) is 0 Å². The van der Waals surface area contributed by atoms with Gasteiger partial charge in [-0.15, -0.1) is 0 Å². The lowest BCUT2D eigenvalue weighted by Crippen LogP contribution is -2.40. The number of anilines is 1. The number of nitrogens with zero attached hydrogens (tertiary/aromatic N) is 2. The third kappa shape index (κ3) is 4.16. The Morgan fingerprint density at radius 3 is 2.60 bits per heavy atom. The molecule has 0 aliphatic heterocycles. The summed E-state index contributed by atoms with van der Waals surface area (Å²) in [5, 5.41) is 11.0. The first-order valence-corrected chi connectivity index (χ1v) is 5.87. The molecule has 0 atom stereocenters. The van der Waals surface area contributed by atoms with Crippen molar-refractivity contribution in [2.45, 2.75) is 26.1 Å². The quantitative estimate of drug-likeness (QED) is 0.864. The molecular weight excluding hydrogens is 271 g/mol. The van der Waals surface area contributed by atoms with Crippen LogP contribution in [0.3, 0.4) is 0 Å². The van der Waals surface area contributed by atoms with Gasteiger partial charge < -0.3 is 10.2 Å². The maximum atomic E-state index is 12.5. The summed E-state index contributed by atoms with van der Waals surface area (Å²) in [5.41, 5.74) is -0.805. The van der Waals surface area contributed by atoms with Crippen molar-refractivity contribution in [3.05, 3.63) is 29.8 Å². The van der Waals surface area contributed by atoms with Crippen LogP contribution >= 0.6 is 0 Å². The van der Waals surface area contributed by atoms with Gasteiger partial charge in [0.15, 0.2) is 0 Å². The van der Waals surface area contributed by atoms with Crippen LogP contribution in [0.2, 0.25) is 0 Å². The second-order valence-corrected chi connectivity index (χ2v) is 4.39. The molecule has 0 radical (unpaired) electrons. The van der Waals surface area contributed by atoms with Gasteiger partial charge in [0.1, 0.15) is 6.54 Å². The molecule has 0 heterocycles. The van der Waals surface area contributed by atoms with Crippen molar-refractivity contribution in [1.82, 2.24) is 4.90 Å². The highest BCUT2D eigenvalue weighted by molar-refractivity contribution is 5.89. The monoisotopic (exact) mass is 285 g/mol. The number of halogens is 3. The summed E-state index contributed by atoms with van der Waals surface area (Å²) in [4.78, 5) is 13.1. The van der Waals surface area contributed by atoms with Crippen molar-refractivity contribution in [3.8, 4) is 6.07 Å². The van der Waals surface area contributed by atoms with E-state index in [9.17, 15) is 18.0 Å². The smallest absolute Gasteiger partial charge is 0.309 e. The van der Waals surface area contributed by atoms with E-state index in [4.69, 9.17) is 5.26 Å². The average molecular weight is 285 g/mol. The minimum absolute atomic E-state index is 0.0356. The van der Waals surface area contributed by atoms with Gasteiger partial charge in [0.05, 0.1) is 11.6 Å². The molecule has 1 rings (SSSR count). The lowest BCUT2D eigenvalue weighted by atomic mass is 10.2. The highest BCUT2D eigenvalue weighted by atomic mass is 19.4. The zero-order valence-corrected chi connectivity index (χ0v) is 11.0. The summed E-state index contributed by atoms with van der Waals surface area (Å²) in [7, 11) is 0. The molecule has 1 aromatic carbocycles. The normalized spacial score (nSPS) is 11.1.